The van der Waals surface area contributed by atoms with Crippen molar-refractivity contribution >= 4 is 11.8 Å². The fourth-order valence-corrected chi connectivity index (χ4v) is 4.76. The van der Waals surface area contributed by atoms with Crippen molar-refractivity contribution in [3.8, 4) is 5.75 Å². The molecule has 0 unspecified atom stereocenters. The molecule has 1 aliphatic heterocycles. The molecule has 1 aliphatic carbocycles. The van der Waals surface area contributed by atoms with E-state index in [9.17, 15) is 31.5 Å². The zero-order valence-electron chi connectivity index (χ0n) is 19.8. The van der Waals surface area contributed by atoms with Gasteiger partial charge < -0.3 is 15.0 Å². The molecule has 2 atom stereocenters. The number of aryl methyl sites for hydroxylation is 1. The van der Waals surface area contributed by atoms with Gasteiger partial charge in [-0.2, -0.15) is 13.2 Å². The summed E-state index contributed by atoms with van der Waals surface area (Å²) in [5.41, 5.74) is 0.548. The number of alkyl halides is 3. The number of ether oxygens (including phenoxy) is 1. The summed E-state index contributed by atoms with van der Waals surface area (Å²) in [5, 5.41) is 2.56. The van der Waals surface area contributed by atoms with Gasteiger partial charge in [0.1, 0.15) is 23.4 Å². The van der Waals surface area contributed by atoms with E-state index < -0.39 is 65.5 Å². The van der Waals surface area contributed by atoms with Crippen LogP contribution in [0.25, 0.3) is 0 Å². The molecule has 0 spiro atoms. The molecular formula is C25H26F5N3O3. The van der Waals surface area contributed by atoms with E-state index in [0.717, 1.165) is 28.4 Å². The third-order valence-electron chi connectivity index (χ3n) is 6.82. The van der Waals surface area contributed by atoms with E-state index in [1.807, 2.05) is 25.1 Å². The summed E-state index contributed by atoms with van der Waals surface area (Å²) >= 11 is 0. The number of nitrogens with one attached hydrogen (secondary N) is 1. The molecule has 6 nitrogen and oxygen atoms in total. The minimum atomic E-state index is -4.52. The molecule has 194 valence electrons. The minimum absolute atomic E-state index is 0.00389. The Morgan fingerprint density at radius 1 is 1.22 bits per heavy atom. The number of pyridine rings is 1. The highest BCUT2D eigenvalue weighted by Gasteiger charge is 2.49. The Balaban J connectivity index is 1.58. The number of hydrogen-bond acceptors (Lipinski definition) is 4. The summed E-state index contributed by atoms with van der Waals surface area (Å²) in [6.45, 7) is 0.779. The van der Waals surface area contributed by atoms with Gasteiger partial charge in [-0.25, -0.2) is 8.78 Å². The maximum Gasteiger partial charge on any atom is 0.390 e. The fourth-order valence-electron chi connectivity index (χ4n) is 4.76. The Labute approximate surface area is 204 Å². The summed E-state index contributed by atoms with van der Waals surface area (Å²) in [7, 11) is 1.23. The largest absolute Gasteiger partial charge is 0.497 e. The van der Waals surface area contributed by atoms with Gasteiger partial charge in [-0.15, -0.1) is 0 Å². The van der Waals surface area contributed by atoms with E-state index in [-0.39, 0.29) is 18.7 Å². The molecule has 11 heteroatoms. The van der Waals surface area contributed by atoms with Crippen LogP contribution < -0.4 is 10.1 Å². The number of aromatic nitrogens is 1. The molecule has 4 rings (SSSR count). The highest BCUT2D eigenvalue weighted by Crippen LogP contribution is 2.50. The van der Waals surface area contributed by atoms with Crippen LogP contribution in [0.15, 0.2) is 30.3 Å². The van der Waals surface area contributed by atoms with Crippen LogP contribution in [0, 0.1) is 18.6 Å². The van der Waals surface area contributed by atoms with Crippen LogP contribution in [0.4, 0.5) is 22.0 Å². The number of carbonyl (C=O) groups is 2. The summed E-state index contributed by atoms with van der Waals surface area (Å²) in [5.74, 6) is -4.67. The zero-order chi connectivity index (χ0) is 26.3. The molecule has 1 saturated heterocycles. The summed E-state index contributed by atoms with van der Waals surface area (Å²) in [6.07, 6.45) is -4.39. The second-order valence-electron chi connectivity index (χ2n) is 9.43. The molecule has 2 aromatic rings. The number of likely N-dealkylation sites (tertiary alicyclic amines) is 1. The highest BCUT2D eigenvalue weighted by atomic mass is 19.4. The average molecular weight is 511 g/mol. The summed E-state index contributed by atoms with van der Waals surface area (Å²) < 4.78 is 73.0. The van der Waals surface area contributed by atoms with E-state index in [4.69, 9.17) is 4.74 Å². The first-order valence-corrected chi connectivity index (χ1v) is 11.5. The number of nitrogens with zero attached hydrogens (tertiary/aromatic N) is 2. The zero-order valence-corrected chi connectivity index (χ0v) is 19.8. The number of methoxy groups -OCH3 is 1. The second kappa shape index (κ2) is 9.67. The molecule has 2 fully saturated rings. The molecule has 1 saturated carbocycles. The first-order valence-electron chi connectivity index (χ1n) is 11.5. The third-order valence-corrected chi connectivity index (χ3v) is 6.82. The van der Waals surface area contributed by atoms with Gasteiger partial charge in [0, 0.05) is 59.9 Å². The monoisotopic (exact) mass is 511 g/mol. The van der Waals surface area contributed by atoms with Crippen LogP contribution in [0.5, 0.6) is 5.75 Å². The van der Waals surface area contributed by atoms with Crippen LogP contribution in [-0.2, 0) is 15.0 Å². The van der Waals surface area contributed by atoms with Crippen LogP contribution in [0.1, 0.15) is 48.6 Å². The van der Waals surface area contributed by atoms with Crippen molar-refractivity contribution in [2.75, 3.05) is 20.2 Å². The minimum Gasteiger partial charge on any atom is -0.497 e. The summed E-state index contributed by atoms with van der Waals surface area (Å²) in [6, 6.07) is 5.93. The van der Waals surface area contributed by atoms with Crippen molar-refractivity contribution in [3.63, 3.8) is 0 Å². The standard InChI is InChI=1S/C25H26F5N3O3/c1-14-4-3-5-19(31-14)24(6-7-24)12-20(34)32-22-16(13-33(23(22)35)9-8-25(28,29)30)21-17(26)10-15(36-2)11-18(21)27/h3-5,10-11,16,22H,6-9,12-13H2,1-2H3,(H,32,34)/t16-,22-/m0/s1. The molecule has 1 N–H and O–H groups in total. The van der Waals surface area contributed by atoms with Crippen LogP contribution in [0.3, 0.4) is 0 Å². The topological polar surface area (TPSA) is 71.5 Å². The number of amides is 2. The van der Waals surface area contributed by atoms with Gasteiger partial charge in [0.2, 0.25) is 11.8 Å². The number of hydrogen-bond donors (Lipinski definition) is 1. The maximum absolute atomic E-state index is 14.9. The molecule has 2 amide bonds. The van der Waals surface area contributed by atoms with Gasteiger partial charge in [0.05, 0.1) is 13.5 Å². The van der Waals surface area contributed by atoms with Crippen LogP contribution in [-0.4, -0.2) is 54.1 Å². The molecule has 1 aromatic carbocycles. The second-order valence-corrected chi connectivity index (χ2v) is 9.43. The number of halogens is 5. The fraction of sp³-hybridized carbons (Fsp3) is 0.480. The Morgan fingerprint density at radius 3 is 2.44 bits per heavy atom. The van der Waals surface area contributed by atoms with Gasteiger partial charge in [-0.05, 0) is 31.9 Å². The average Bonchev–Trinajstić information content (AvgIpc) is 3.51. The lowest BCUT2D eigenvalue weighted by Gasteiger charge is -2.22. The first-order chi connectivity index (χ1) is 16.9. The third kappa shape index (κ3) is 5.44. The SMILES string of the molecule is COc1cc(F)c([C@@H]2CN(CCC(F)(F)F)C(=O)[C@H]2NC(=O)CC2(c3cccc(C)n3)CC2)c(F)c1. The van der Waals surface area contributed by atoms with Crippen molar-refractivity contribution in [1.82, 2.24) is 15.2 Å². The van der Waals surface area contributed by atoms with Gasteiger partial charge in [0.25, 0.3) is 0 Å². The number of rotatable bonds is 8. The van der Waals surface area contributed by atoms with Crippen molar-refractivity contribution in [2.24, 2.45) is 0 Å². The van der Waals surface area contributed by atoms with Crippen molar-refractivity contribution in [3.05, 3.63) is 58.9 Å². The lowest BCUT2D eigenvalue weighted by atomic mass is 9.91. The van der Waals surface area contributed by atoms with Crippen molar-refractivity contribution in [1.29, 1.82) is 0 Å². The predicted molar refractivity (Wildman–Crippen MR) is 119 cm³/mol. The smallest absolute Gasteiger partial charge is 0.390 e. The number of carbonyl (C=O) groups excluding carboxylic acids is 2. The van der Waals surface area contributed by atoms with Gasteiger partial charge in [0.15, 0.2) is 0 Å². The Hall–Kier alpha value is -3.24. The van der Waals surface area contributed by atoms with Crippen LogP contribution >= 0.6 is 0 Å². The van der Waals surface area contributed by atoms with Gasteiger partial charge >= 0.3 is 6.18 Å². The van der Waals surface area contributed by atoms with Crippen molar-refractivity contribution < 1.29 is 36.3 Å². The van der Waals surface area contributed by atoms with E-state index in [2.05, 4.69) is 10.3 Å². The normalized spacial score (nSPS) is 21.0. The maximum atomic E-state index is 14.9. The van der Waals surface area contributed by atoms with Gasteiger partial charge in [-0.3, -0.25) is 14.6 Å². The highest BCUT2D eigenvalue weighted by molar-refractivity contribution is 5.91. The molecule has 1 aromatic heterocycles. The Morgan fingerprint density at radius 2 is 1.89 bits per heavy atom. The van der Waals surface area contributed by atoms with E-state index in [1.54, 1.807) is 0 Å². The van der Waals surface area contributed by atoms with E-state index in [0.29, 0.717) is 12.8 Å². The predicted octanol–water partition coefficient (Wildman–Crippen LogP) is 4.16. The molecule has 2 aliphatic rings. The number of benzene rings is 1. The molecule has 2 heterocycles. The quantitative estimate of drug-likeness (QED) is 0.541. The Kier molecular flexibility index (Phi) is 6.94. The van der Waals surface area contributed by atoms with E-state index >= 15 is 0 Å². The first kappa shape index (κ1) is 25.8. The lowest BCUT2D eigenvalue weighted by Crippen LogP contribution is -2.45. The molecule has 0 radical (unpaired) electrons. The molecule has 36 heavy (non-hydrogen) atoms. The lowest BCUT2D eigenvalue weighted by molar-refractivity contribution is -0.144. The van der Waals surface area contributed by atoms with Crippen molar-refractivity contribution in [2.45, 2.75) is 56.2 Å². The van der Waals surface area contributed by atoms with Crippen LogP contribution in [0.2, 0.25) is 0 Å². The van der Waals surface area contributed by atoms with E-state index in [1.165, 1.54) is 7.11 Å². The molecule has 0 bridgehead atoms. The molecular weight excluding hydrogens is 485 g/mol. The summed E-state index contributed by atoms with van der Waals surface area (Å²) in [4.78, 5) is 31.5. The van der Waals surface area contributed by atoms with Gasteiger partial charge in [-0.1, -0.05) is 6.07 Å². The Bertz CT molecular complexity index is 1140.